The molecule has 0 unspecified atom stereocenters. The topological polar surface area (TPSA) is 92.1 Å². The number of imidazole rings is 1. The molecule has 0 radical (unpaired) electrons. The van der Waals surface area contributed by atoms with Crippen LogP contribution in [0.2, 0.25) is 0 Å². The first-order valence-corrected chi connectivity index (χ1v) is 12.3. The predicted octanol–water partition coefficient (Wildman–Crippen LogP) is 3.86. The Morgan fingerprint density at radius 3 is 2.39 bits per heavy atom. The van der Waals surface area contributed by atoms with Crippen LogP contribution < -0.4 is 14.6 Å². The van der Waals surface area contributed by atoms with Crippen LogP contribution in [0, 0.1) is 0 Å². The minimum Gasteiger partial charge on any atom is -0.489 e. The molecule has 0 aliphatic carbocycles. The van der Waals surface area contributed by atoms with Crippen molar-refractivity contribution in [1.29, 1.82) is 0 Å². The number of nitrogens with one attached hydrogen (secondary N) is 2. The Morgan fingerprint density at radius 2 is 1.64 bits per heavy atom. The fraction of sp³-hybridized carbons (Fsp3) is 0.200. The number of carbonyl (C=O) groups is 1. The van der Waals surface area contributed by atoms with Crippen molar-refractivity contribution in [1.82, 2.24) is 4.98 Å². The summed E-state index contributed by atoms with van der Waals surface area (Å²) in [5.74, 6) is 0.0234. The fourth-order valence-electron chi connectivity index (χ4n) is 3.63. The lowest BCUT2D eigenvalue weighted by Crippen LogP contribution is -2.44. The molecule has 4 rings (SSSR count). The number of rotatable bonds is 8. The van der Waals surface area contributed by atoms with Crippen LogP contribution in [0.25, 0.3) is 11.0 Å². The molecule has 2 N–H and O–H groups in total. The van der Waals surface area contributed by atoms with E-state index in [-0.39, 0.29) is 29.5 Å². The largest absolute Gasteiger partial charge is 0.489 e. The summed E-state index contributed by atoms with van der Waals surface area (Å²) < 4.78 is 33.9. The number of benzene rings is 3. The van der Waals surface area contributed by atoms with Crippen LogP contribution in [-0.2, 0) is 26.9 Å². The number of hydrogen-bond donors (Lipinski definition) is 2. The van der Waals surface area contributed by atoms with E-state index in [1.165, 1.54) is 4.57 Å². The Bertz CT molecular complexity index is 1380. The number of H-pyrrole nitrogens is 1. The van der Waals surface area contributed by atoms with Gasteiger partial charge in [0.2, 0.25) is 0 Å². The summed E-state index contributed by atoms with van der Waals surface area (Å²) in [4.78, 5) is 16.0. The number of fused-ring (bicyclic) bond motifs is 1. The molecule has 0 atom stereocenters. The highest BCUT2D eigenvalue weighted by molar-refractivity contribution is 7.90. The highest BCUT2D eigenvalue weighted by Gasteiger charge is 2.32. The zero-order valence-electron chi connectivity index (χ0n) is 18.5. The Labute approximate surface area is 193 Å². The van der Waals surface area contributed by atoms with Crippen molar-refractivity contribution in [2.45, 2.75) is 37.4 Å². The number of aromatic amines is 1. The van der Waals surface area contributed by atoms with Gasteiger partial charge in [0, 0.05) is 0 Å². The van der Waals surface area contributed by atoms with Crippen LogP contribution in [0.3, 0.4) is 0 Å². The first-order valence-electron chi connectivity index (χ1n) is 10.7. The van der Waals surface area contributed by atoms with Crippen LogP contribution in [-0.4, -0.2) is 25.4 Å². The molecule has 170 valence electrons. The average molecular weight is 465 g/mol. The SMILES string of the molecule is CC(C)Oc1ccccc1NC(=O)C[n+]1c(S(=O)(=O)Cc2ccccc2)[nH]c2ccccc21. The summed E-state index contributed by atoms with van der Waals surface area (Å²) in [6, 6.07) is 23.3. The van der Waals surface area contributed by atoms with Crippen molar-refractivity contribution >= 4 is 32.5 Å². The molecule has 0 aliphatic heterocycles. The normalized spacial score (nSPS) is 11.6. The Hall–Kier alpha value is -3.65. The first kappa shape index (κ1) is 22.5. The molecule has 0 aliphatic rings. The molecule has 0 spiro atoms. The zero-order valence-corrected chi connectivity index (χ0v) is 19.3. The minimum atomic E-state index is -3.75. The van der Waals surface area contributed by atoms with Gasteiger partial charge in [-0.3, -0.25) is 4.79 Å². The van der Waals surface area contributed by atoms with Crippen LogP contribution in [0.5, 0.6) is 5.75 Å². The highest BCUT2D eigenvalue weighted by atomic mass is 32.2. The van der Waals surface area contributed by atoms with E-state index in [4.69, 9.17) is 4.74 Å². The van der Waals surface area contributed by atoms with Crippen LogP contribution in [0.1, 0.15) is 19.4 Å². The smallest absolute Gasteiger partial charge is 0.375 e. The number of anilines is 1. The van der Waals surface area contributed by atoms with Gasteiger partial charge in [0.25, 0.3) is 15.7 Å². The van der Waals surface area contributed by atoms with Gasteiger partial charge in [-0.2, -0.15) is 0 Å². The number of amides is 1. The standard InChI is InChI=1S/C25H25N3O4S/c1-18(2)32-23-15-9-7-13-21(23)26-24(29)16-28-22-14-8-6-12-20(22)27-25(28)33(30,31)17-19-10-4-3-5-11-19/h3-15,18H,16-17H2,1-2H3,(H,26,29)/p+1. The van der Waals surface area contributed by atoms with E-state index in [1.807, 2.05) is 38.1 Å². The highest BCUT2D eigenvalue weighted by Crippen LogP contribution is 2.25. The van der Waals surface area contributed by atoms with Gasteiger partial charge >= 0.3 is 5.16 Å². The Morgan fingerprint density at radius 1 is 0.970 bits per heavy atom. The molecule has 33 heavy (non-hydrogen) atoms. The van der Waals surface area contributed by atoms with Crippen LogP contribution in [0.4, 0.5) is 5.69 Å². The van der Waals surface area contributed by atoms with Crippen molar-refractivity contribution < 1.29 is 22.5 Å². The molecule has 0 saturated carbocycles. The Balaban J connectivity index is 1.66. The third-order valence-electron chi connectivity index (χ3n) is 5.00. The molecular formula is C25H26N3O4S+. The van der Waals surface area contributed by atoms with E-state index < -0.39 is 9.84 Å². The summed E-state index contributed by atoms with van der Waals surface area (Å²) >= 11 is 0. The van der Waals surface area contributed by atoms with E-state index in [9.17, 15) is 13.2 Å². The summed E-state index contributed by atoms with van der Waals surface area (Å²) in [7, 11) is -3.75. The lowest BCUT2D eigenvalue weighted by Gasteiger charge is -2.14. The van der Waals surface area contributed by atoms with Gasteiger partial charge in [-0.1, -0.05) is 54.6 Å². The molecule has 4 aromatic rings. The number of para-hydroxylation sites is 4. The van der Waals surface area contributed by atoms with Gasteiger partial charge in [0.05, 0.1) is 17.5 Å². The lowest BCUT2D eigenvalue weighted by molar-refractivity contribution is -0.696. The summed E-state index contributed by atoms with van der Waals surface area (Å²) in [6.45, 7) is 3.64. The maximum atomic E-state index is 13.3. The van der Waals surface area contributed by atoms with Gasteiger partial charge in [-0.15, -0.1) is 0 Å². The molecule has 0 fully saturated rings. The van der Waals surface area contributed by atoms with Crippen LogP contribution in [0.15, 0.2) is 84.0 Å². The van der Waals surface area contributed by atoms with E-state index in [0.717, 1.165) is 0 Å². The molecular weight excluding hydrogens is 438 g/mol. The maximum absolute atomic E-state index is 13.3. The number of aromatic nitrogens is 2. The van der Waals surface area contributed by atoms with Crippen LogP contribution >= 0.6 is 0 Å². The summed E-state index contributed by atoms with van der Waals surface area (Å²) in [6.07, 6.45) is -0.0548. The van der Waals surface area contributed by atoms with Gasteiger partial charge < -0.3 is 10.1 Å². The molecule has 1 amide bonds. The monoisotopic (exact) mass is 464 g/mol. The van der Waals surface area contributed by atoms with E-state index in [0.29, 0.717) is 28.0 Å². The van der Waals surface area contributed by atoms with Gasteiger partial charge in [-0.05, 0) is 43.7 Å². The fourth-order valence-corrected chi connectivity index (χ4v) is 5.16. The van der Waals surface area contributed by atoms with Crippen molar-refractivity contribution in [3.63, 3.8) is 0 Å². The number of ether oxygens (including phenoxy) is 1. The molecule has 1 aromatic heterocycles. The number of sulfone groups is 1. The second-order valence-electron chi connectivity index (χ2n) is 7.99. The first-order chi connectivity index (χ1) is 15.8. The quantitative estimate of drug-likeness (QED) is 0.388. The van der Waals surface area contributed by atoms with Crippen molar-refractivity contribution in [3.8, 4) is 5.75 Å². The zero-order chi connectivity index (χ0) is 23.4. The average Bonchev–Trinajstić information content (AvgIpc) is 3.14. The van der Waals surface area contributed by atoms with Crippen molar-refractivity contribution in [2.75, 3.05) is 5.32 Å². The third-order valence-corrected chi connectivity index (χ3v) is 6.63. The van der Waals surface area contributed by atoms with Gasteiger partial charge in [-0.25, -0.2) is 18.0 Å². The molecule has 3 aromatic carbocycles. The number of hydrogen-bond acceptors (Lipinski definition) is 4. The molecule has 0 saturated heterocycles. The molecule has 8 heteroatoms. The summed E-state index contributed by atoms with van der Waals surface area (Å²) in [5, 5.41) is 2.85. The van der Waals surface area contributed by atoms with E-state index >= 15 is 0 Å². The third kappa shape index (κ3) is 5.23. The van der Waals surface area contributed by atoms with E-state index in [1.54, 1.807) is 54.6 Å². The van der Waals surface area contributed by atoms with Crippen molar-refractivity contribution in [3.05, 3.63) is 84.4 Å². The lowest BCUT2D eigenvalue weighted by atomic mass is 10.2. The second kappa shape index (κ2) is 9.46. The number of carbonyl (C=O) groups excluding carboxylic acids is 1. The molecule has 7 nitrogen and oxygen atoms in total. The van der Waals surface area contributed by atoms with Gasteiger partial charge in [0.1, 0.15) is 5.75 Å². The molecule has 0 bridgehead atoms. The minimum absolute atomic E-state index is 0.00517. The van der Waals surface area contributed by atoms with Gasteiger partial charge in [0.15, 0.2) is 17.6 Å². The Kier molecular flexibility index (Phi) is 6.46. The second-order valence-corrected chi connectivity index (χ2v) is 9.89. The summed E-state index contributed by atoms with van der Waals surface area (Å²) in [5.41, 5.74) is 2.48. The van der Waals surface area contributed by atoms with Crippen molar-refractivity contribution in [2.24, 2.45) is 0 Å². The van der Waals surface area contributed by atoms with E-state index in [2.05, 4.69) is 10.3 Å². The molecule has 1 heterocycles. The predicted molar refractivity (Wildman–Crippen MR) is 127 cm³/mol. The maximum Gasteiger partial charge on any atom is 0.375 e. The number of nitrogens with zero attached hydrogens (tertiary/aromatic N) is 1.